The second-order valence-electron chi connectivity index (χ2n) is 5.22. The molecule has 0 bridgehead atoms. The van der Waals surface area contributed by atoms with Gasteiger partial charge in [0.05, 0.1) is 12.1 Å². The molecule has 2 aromatic carbocycles. The molecule has 0 aliphatic rings. The minimum absolute atomic E-state index is 0.107. The number of methoxy groups -OCH3 is 1. The Hall–Kier alpha value is -3.10. The molecule has 0 aliphatic carbocycles. The van der Waals surface area contributed by atoms with E-state index in [0.717, 1.165) is 12.1 Å². The van der Waals surface area contributed by atoms with Gasteiger partial charge in [-0.05, 0) is 42.0 Å². The van der Waals surface area contributed by atoms with Crippen LogP contribution >= 0.6 is 11.6 Å². The average molecular weight is 395 g/mol. The summed E-state index contributed by atoms with van der Waals surface area (Å²) in [5.41, 5.74) is 2.36. The molecule has 0 spiro atoms. The Balaban J connectivity index is 2.03. The number of carbonyl (C=O) groups is 2. The Bertz CT molecular complexity index is 873. The summed E-state index contributed by atoms with van der Waals surface area (Å²) in [5.74, 6) is -0.986. The number of nitrogens with one attached hydrogen (secondary N) is 2. The van der Waals surface area contributed by atoms with Crippen LogP contribution in [0.25, 0.3) is 6.08 Å². The van der Waals surface area contributed by atoms with Crippen molar-refractivity contribution in [2.45, 2.75) is 0 Å². The molecule has 3 N–H and O–H groups in total. The summed E-state index contributed by atoms with van der Waals surface area (Å²) in [6.45, 7) is -0.317. The van der Waals surface area contributed by atoms with Crippen LogP contribution in [0.3, 0.4) is 0 Å². The van der Waals surface area contributed by atoms with Gasteiger partial charge < -0.3 is 14.8 Å². The van der Waals surface area contributed by atoms with E-state index in [1.807, 2.05) is 0 Å². The van der Waals surface area contributed by atoms with Gasteiger partial charge in [-0.15, -0.1) is 0 Å². The summed E-state index contributed by atoms with van der Waals surface area (Å²) in [6.07, 6.45) is 2.55. The van der Waals surface area contributed by atoms with Crippen LogP contribution < -0.4 is 20.3 Å². The Morgan fingerprint density at radius 3 is 2.63 bits per heavy atom. The Morgan fingerprint density at radius 2 is 1.96 bits per heavy atom. The first-order chi connectivity index (χ1) is 12.9. The average Bonchev–Trinajstić information content (AvgIpc) is 2.67. The fraction of sp³-hybridized carbons (Fsp3) is 0.111. The molecular formula is C18H16ClFN2O5. The lowest BCUT2D eigenvalue weighted by molar-refractivity contribution is -0.124. The molecule has 27 heavy (non-hydrogen) atoms. The zero-order chi connectivity index (χ0) is 19.8. The van der Waals surface area contributed by atoms with Crippen LogP contribution in [-0.4, -0.2) is 30.7 Å². The normalized spacial score (nSPS) is 10.5. The summed E-state index contributed by atoms with van der Waals surface area (Å²) in [4.78, 5) is 23.0. The van der Waals surface area contributed by atoms with E-state index in [0.29, 0.717) is 22.7 Å². The molecule has 2 rings (SSSR count). The van der Waals surface area contributed by atoms with E-state index in [4.69, 9.17) is 26.3 Å². The molecule has 7 nitrogen and oxygen atoms in total. The predicted octanol–water partition coefficient (Wildman–Crippen LogP) is 3.02. The third-order valence-electron chi connectivity index (χ3n) is 3.25. The van der Waals surface area contributed by atoms with Gasteiger partial charge in [0.25, 0.3) is 11.8 Å². The highest BCUT2D eigenvalue weighted by molar-refractivity contribution is 6.31. The van der Waals surface area contributed by atoms with E-state index in [9.17, 15) is 14.0 Å². The molecule has 0 atom stereocenters. The molecule has 0 heterocycles. The van der Waals surface area contributed by atoms with Crippen molar-refractivity contribution in [3.8, 4) is 11.5 Å². The highest BCUT2D eigenvalue weighted by atomic mass is 35.5. The molecule has 0 saturated heterocycles. The second-order valence-corrected chi connectivity index (χ2v) is 5.62. The fourth-order valence-electron chi connectivity index (χ4n) is 2.02. The van der Waals surface area contributed by atoms with Crippen molar-refractivity contribution < 1.29 is 28.7 Å². The van der Waals surface area contributed by atoms with Gasteiger partial charge in [0, 0.05) is 17.8 Å². The van der Waals surface area contributed by atoms with Crippen LogP contribution in [0.1, 0.15) is 5.56 Å². The van der Waals surface area contributed by atoms with Gasteiger partial charge in [-0.1, -0.05) is 11.6 Å². The first kappa shape index (κ1) is 20.2. The monoisotopic (exact) mass is 394 g/mol. The van der Waals surface area contributed by atoms with Gasteiger partial charge in [0.2, 0.25) is 0 Å². The summed E-state index contributed by atoms with van der Waals surface area (Å²) >= 11 is 5.66. The zero-order valence-corrected chi connectivity index (χ0v) is 14.9. The number of halogens is 2. The minimum Gasteiger partial charge on any atom is -0.497 e. The number of hydroxylamine groups is 1. The molecule has 142 valence electrons. The Labute approximate surface area is 159 Å². The first-order valence-corrected chi connectivity index (χ1v) is 7.98. The largest absolute Gasteiger partial charge is 0.497 e. The third kappa shape index (κ3) is 6.28. The number of hydrogen-bond acceptors (Lipinski definition) is 5. The molecule has 9 heteroatoms. The van der Waals surface area contributed by atoms with E-state index in [1.165, 1.54) is 30.8 Å². The molecule has 0 unspecified atom stereocenters. The number of benzene rings is 2. The Morgan fingerprint density at radius 1 is 1.22 bits per heavy atom. The van der Waals surface area contributed by atoms with Gasteiger partial charge in [0.1, 0.15) is 17.3 Å². The molecule has 0 radical (unpaired) electrons. The Kier molecular flexibility index (Phi) is 7.16. The zero-order valence-electron chi connectivity index (χ0n) is 14.2. The van der Waals surface area contributed by atoms with Crippen LogP contribution in [0.4, 0.5) is 10.1 Å². The maximum Gasteiger partial charge on any atom is 0.267 e. The SMILES string of the molecule is COc1cc(/C=C/C(=O)NO)cc(OCC(=O)Nc2ccc(F)c(Cl)c2)c1. The fourth-order valence-corrected chi connectivity index (χ4v) is 2.20. The molecule has 2 amide bonds. The van der Waals surface area contributed by atoms with Crippen molar-refractivity contribution in [1.29, 1.82) is 0 Å². The van der Waals surface area contributed by atoms with E-state index < -0.39 is 17.6 Å². The predicted molar refractivity (Wildman–Crippen MR) is 97.5 cm³/mol. The van der Waals surface area contributed by atoms with Crippen LogP contribution in [0, 0.1) is 5.82 Å². The third-order valence-corrected chi connectivity index (χ3v) is 3.54. The van der Waals surface area contributed by atoms with Gasteiger partial charge in [-0.2, -0.15) is 0 Å². The van der Waals surface area contributed by atoms with Crippen molar-refractivity contribution in [3.05, 3.63) is 58.9 Å². The molecule has 0 aromatic heterocycles. The number of ether oxygens (including phenoxy) is 2. The lowest BCUT2D eigenvalue weighted by atomic mass is 10.2. The van der Waals surface area contributed by atoms with Crippen molar-refractivity contribution in [2.75, 3.05) is 19.0 Å². The van der Waals surface area contributed by atoms with Crippen molar-refractivity contribution >= 4 is 35.2 Å². The van der Waals surface area contributed by atoms with E-state index in [1.54, 1.807) is 18.2 Å². The maximum atomic E-state index is 13.1. The highest BCUT2D eigenvalue weighted by Crippen LogP contribution is 2.24. The number of anilines is 1. The second kappa shape index (κ2) is 9.56. The van der Waals surface area contributed by atoms with Crippen molar-refractivity contribution in [3.63, 3.8) is 0 Å². The van der Waals surface area contributed by atoms with Crippen molar-refractivity contribution in [1.82, 2.24) is 5.48 Å². The van der Waals surface area contributed by atoms with Crippen LogP contribution in [0.2, 0.25) is 5.02 Å². The number of carbonyl (C=O) groups excluding carboxylic acids is 2. The van der Waals surface area contributed by atoms with E-state index >= 15 is 0 Å². The molecular weight excluding hydrogens is 379 g/mol. The first-order valence-electron chi connectivity index (χ1n) is 7.60. The number of amides is 2. The van der Waals surface area contributed by atoms with E-state index in [-0.39, 0.29) is 11.6 Å². The summed E-state index contributed by atoms with van der Waals surface area (Å²) in [6, 6.07) is 8.57. The van der Waals surface area contributed by atoms with Gasteiger partial charge in [-0.25, -0.2) is 9.87 Å². The summed E-state index contributed by atoms with van der Waals surface area (Å²) < 4.78 is 23.7. The standard InChI is InChI=1S/C18H16ClFN2O5/c1-26-13-6-11(2-5-17(23)22-25)7-14(9-13)27-10-18(24)21-12-3-4-16(20)15(19)8-12/h2-9,25H,10H2,1H3,(H,21,24)(H,22,23)/b5-2+. The summed E-state index contributed by atoms with van der Waals surface area (Å²) in [7, 11) is 1.46. The lowest BCUT2D eigenvalue weighted by Gasteiger charge is -2.10. The molecule has 0 saturated carbocycles. The van der Waals surface area contributed by atoms with E-state index in [2.05, 4.69) is 5.32 Å². The number of hydrogen-bond donors (Lipinski definition) is 3. The lowest BCUT2D eigenvalue weighted by Crippen LogP contribution is -2.20. The molecule has 0 fully saturated rings. The maximum absolute atomic E-state index is 13.1. The minimum atomic E-state index is -0.697. The van der Waals surface area contributed by atoms with Gasteiger partial charge >= 0.3 is 0 Å². The molecule has 0 aliphatic heterocycles. The molecule has 2 aromatic rings. The van der Waals surface area contributed by atoms with Crippen LogP contribution in [0.5, 0.6) is 11.5 Å². The topological polar surface area (TPSA) is 96.9 Å². The van der Waals surface area contributed by atoms with Crippen LogP contribution in [0.15, 0.2) is 42.5 Å². The quantitative estimate of drug-likeness (QED) is 0.381. The van der Waals surface area contributed by atoms with Gasteiger partial charge in [0.15, 0.2) is 6.61 Å². The van der Waals surface area contributed by atoms with Crippen LogP contribution in [-0.2, 0) is 9.59 Å². The smallest absolute Gasteiger partial charge is 0.267 e. The highest BCUT2D eigenvalue weighted by Gasteiger charge is 2.08. The summed E-state index contributed by atoms with van der Waals surface area (Å²) in [5, 5.41) is 10.9. The van der Waals surface area contributed by atoms with Crippen molar-refractivity contribution in [2.24, 2.45) is 0 Å². The number of rotatable bonds is 7. The van der Waals surface area contributed by atoms with Gasteiger partial charge in [-0.3, -0.25) is 14.8 Å².